The van der Waals surface area contributed by atoms with Crippen molar-refractivity contribution < 1.29 is 13.2 Å². The van der Waals surface area contributed by atoms with Crippen molar-refractivity contribution in [1.82, 2.24) is 0 Å². The highest BCUT2D eigenvalue weighted by Crippen LogP contribution is 2.28. The van der Waals surface area contributed by atoms with Crippen molar-refractivity contribution in [2.24, 2.45) is 0 Å². The van der Waals surface area contributed by atoms with E-state index >= 15 is 0 Å². The lowest BCUT2D eigenvalue weighted by molar-refractivity contribution is -0.118. The van der Waals surface area contributed by atoms with Gasteiger partial charge in [0.25, 0.3) is 0 Å². The first-order valence-electron chi connectivity index (χ1n) is 7.33. The number of rotatable bonds is 5. The molecule has 120 valence electrons. The van der Waals surface area contributed by atoms with Crippen LogP contribution in [-0.4, -0.2) is 26.1 Å². The first-order chi connectivity index (χ1) is 10.3. The van der Waals surface area contributed by atoms with Gasteiger partial charge in [-0.3, -0.25) is 4.79 Å². The highest BCUT2D eigenvalue weighted by molar-refractivity contribution is 7.94. The van der Waals surface area contributed by atoms with E-state index in [2.05, 4.69) is 0 Å². The quantitative estimate of drug-likeness (QED) is 0.823. The molecule has 0 saturated carbocycles. The van der Waals surface area contributed by atoms with Crippen molar-refractivity contribution in [2.75, 3.05) is 10.7 Å². The summed E-state index contributed by atoms with van der Waals surface area (Å²) in [7, 11) is -3.23. The Morgan fingerprint density at radius 2 is 2.14 bits per heavy atom. The molecule has 0 unspecified atom stereocenters. The summed E-state index contributed by atoms with van der Waals surface area (Å²) in [5, 5.41) is 1.75. The van der Waals surface area contributed by atoms with E-state index in [4.69, 9.17) is 11.6 Å². The maximum absolute atomic E-state index is 12.6. The van der Waals surface area contributed by atoms with Gasteiger partial charge in [-0.15, -0.1) is 0 Å². The lowest BCUT2D eigenvalue weighted by Crippen LogP contribution is -2.41. The number of hydrogen-bond donors (Lipinski definition) is 0. The van der Waals surface area contributed by atoms with Gasteiger partial charge >= 0.3 is 0 Å². The van der Waals surface area contributed by atoms with Crippen LogP contribution in [0, 0.1) is 6.92 Å². The molecule has 1 heterocycles. The Balaban J connectivity index is 2.35. The summed E-state index contributed by atoms with van der Waals surface area (Å²) in [5.41, 5.74) is 1.56. The van der Waals surface area contributed by atoms with Gasteiger partial charge in [-0.05, 0) is 37.1 Å². The second kappa shape index (κ2) is 6.84. The number of halogens is 1. The van der Waals surface area contributed by atoms with Crippen molar-refractivity contribution >= 4 is 33.0 Å². The van der Waals surface area contributed by atoms with Crippen LogP contribution < -0.4 is 4.90 Å². The SMILES string of the molecule is CCCCC(=O)N(c1ccc(C)c(Cl)c1)[C@H]1C=CS(=O)(=O)C1. The number of unbranched alkanes of at least 4 members (excludes halogenated alkanes) is 1. The monoisotopic (exact) mass is 341 g/mol. The van der Waals surface area contributed by atoms with Gasteiger partial charge in [0.1, 0.15) is 0 Å². The number of nitrogens with zero attached hydrogens (tertiary/aromatic N) is 1. The van der Waals surface area contributed by atoms with Crippen molar-refractivity contribution in [3.63, 3.8) is 0 Å². The Kier molecular flexibility index (Phi) is 5.29. The molecule has 1 amide bonds. The number of carbonyl (C=O) groups is 1. The van der Waals surface area contributed by atoms with Gasteiger partial charge < -0.3 is 4.90 Å². The molecule has 1 aliphatic heterocycles. The normalized spacial score (nSPS) is 19.3. The van der Waals surface area contributed by atoms with Crippen molar-refractivity contribution in [3.05, 3.63) is 40.3 Å². The number of benzene rings is 1. The fourth-order valence-corrected chi connectivity index (χ4v) is 3.86. The Morgan fingerprint density at radius 3 is 2.68 bits per heavy atom. The highest BCUT2D eigenvalue weighted by atomic mass is 35.5. The molecule has 2 rings (SSSR count). The van der Waals surface area contributed by atoms with Crippen LogP contribution in [0.15, 0.2) is 29.7 Å². The summed E-state index contributed by atoms with van der Waals surface area (Å²) in [6, 6.07) is 4.90. The zero-order valence-electron chi connectivity index (χ0n) is 12.8. The minimum Gasteiger partial charge on any atom is -0.304 e. The number of amides is 1. The molecule has 1 atom stereocenters. The first kappa shape index (κ1) is 17.0. The molecule has 0 aliphatic carbocycles. The summed E-state index contributed by atoms with van der Waals surface area (Å²) in [6.45, 7) is 3.90. The minimum absolute atomic E-state index is 0.0731. The number of anilines is 1. The fraction of sp³-hybridized carbons (Fsp3) is 0.438. The first-order valence-corrected chi connectivity index (χ1v) is 9.42. The van der Waals surface area contributed by atoms with E-state index in [9.17, 15) is 13.2 Å². The van der Waals surface area contributed by atoms with Crippen LogP contribution in [0.2, 0.25) is 5.02 Å². The van der Waals surface area contributed by atoms with E-state index < -0.39 is 15.9 Å². The maximum Gasteiger partial charge on any atom is 0.227 e. The van der Waals surface area contributed by atoms with Crippen LogP contribution in [0.1, 0.15) is 31.7 Å². The summed E-state index contributed by atoms with van der Waals surface area (Å²) < 4.78 is 23.4. The molecule has 1 aliphatic rings. The molecule has 22 heavy (non-hydrogen) atoms. The molecule has 1 aromatic rings. The predicted molar refractivity (Wildman–Crippen MR) is 89.9 cm³/mol. The highest BCUT2D eigenvalue weighted by Gasteiger charge is 2.31. The van der Waals surface area contributed by atoms with Gasteiger partial charge in [-0.2, -0.15) is 0 Å². The Morgan fingerprint density at radius 1 is 1.41 bits per heavy atom. The lowest BCUT2D eigenvalue weighted by atomic mass is 10.1. The zero-order valence-corrected chi connectivity index (χ0v) is 14.3. The van der Waals surface area contributed by atoms with Gasteiger partial charge in [0, 0.05) is 22.5 Å². The molecule has 1 aromatic carbocycles. The Hall–Kier alpha value is -1.33. The average molecular weight is 342 g/mol. The van der Waals surface area contributed by atoms with Crippen LogP contribution in [0.3, 0.4) is 0 Å². The number of carbonyl (C=O) groups excluding carboxylic acids is 1. The van der Waals surface area contributed by atoms with E-state index in [0.29, 0.717) is 17.1 Å². The molecule has 0 N–H and O–H groups in total. The van der Waals surface area contributed by atoms with E-state index in [1.54, 1.807) is 17.0 Å². The van der Waals surface area contributed by atoms with E-state index in [1.807, 2.05) is 26.0 Å². The molecule has 0 fully saturated rings. The molecule has 0 spiro atoms. The second-order valence-electron chi connectivity index (χ2n) is 5.53. The average Bonchev–Trinajstić information content (AvgIpc) is 2.80. The molecule has 0 bridgehead atoms. The van der Waals surface area contributed by atoms with Crippen LogP contribution in [-0.2, 0) is 14.6 Å². The van der Waals surface area contributed by atoms with Gasteiger partial charge in [-0.1, -0.05) is 31.0 Å². The van der Waals surface area contributed by atoms with Crippen LogP contribution in [0.25, 0.3) is 0 Å². The number of hydrogen-bond acceptors (Lipinski definition) is 3. The molecular weight excluding hydrogens is 322 g/mol. The zero-order chi connectivity index (χ0) is 16.3. The van der Waals surface area contributed by atoms with Crippen molar-refractivity contribution in [1.29, 1.82) is 0 Å². The van der Waals surface area contributed by atoms with Crippen molar-refractivity contribution in [3.8, 4) is 0 Å². The molecule has 4 nitrogen and oxygen atoms in total. The topological polar surface area (TPSA) is 54.5 Å². The third-order valence-electron chi connectivity index (χ3n) is 3.69. The third kappa shape index (κ3) is 3.90. The standard InChI is InChI=1S/C16H20ClNO3S/c1-3-4-5-16(19)18(14-8-9-22(20,21)11-14)13-7-6-12(2)15(17)10-13/h6-10,14H,3-5,11H2,1-2H3/t14-/m0/s1. The van der Waals surface area contributed by atoms with Crippen LogP contribution in [0.4, 0.5) is 5.69 Å². The van der Waals surface area contributed by atoms with E-state index in [0.717, 1.165) is 18.4 Å². The number of sulfone groups is 1. The Labute approximate surface area is 136 Å². The Bertz CT molecular complexity index is 697. The van der Waals surface area contributed by atoms with Crippen LogP contribution in [0.5, 0.6) is 0 Å². The molecule has 0 saturated heterocycles. The summed E-state index contributed by atoms with van der Waals surface area (Å²) in [4.78, 5) is 14.1. The number of aryl methyl sites for hydroxylation is 1. The largest absolute Gasteiger partial charge is 0.304 e. The summed E-state index contributed by atoms with van der Waals surface area (Å²) in [6.07, 6.45) is 3.66. The van der Waals surface area contributed by atoms with Gasteiger partial charge in [0.15, 0.2) is 9.84 Å². The van der Waals surface area contributed by atoms with Gasteiger partial charge in [0.2, 0.25) is 5.91 Å². The maximum atomic E-state index is 12.6. The summed E-state index contributed by atoms with van der Waals surface area (Å²) in [5.74, 6) is -0.148. The van der Waals surface area contributed by atoms with Crippen molar-refractivity contribution in [2.45, 2.75) is 39.2 Å². The minimum atomic E-state index is -3.23. The van der Waals surface area contributed by atoms with Crippen LogP contribution >= 0.6 is 11.6 Å². The smallest absolute Gasteiger partial charge is 0.227 e. The van der Waals surface area contributed by atoms with E-state index in [-0.39, 0.29) is 11.7 Å². The fourth-order valence-electron chi connectivity index (χ4n) is 2.42. The molecule has 0 radical (unpaired) electrons. The second-order valence-corrected chi connectivity index (χ2v) is 7.86. The molecular formula is C16H20ClNO3S. The molecule has 0 aromatic heterocycles. The van der Waals surface area contributed by atoms with Gasteiger partial charge in [-0.25, -0.2) is 8.42 Å². The third-order valence-corrected chi connectivity index (χ3v) is 5.47. The van der Waals surface area contributed by atoms with Gasteiger partial charge in [0.05, 0.1) is 11.8 Å². The predicted octanol–water partition coefficient (Wildman–Crippen LogP) is 3.48. The lowest BCUT2D eigenvalue weighted by Gasteiger charge is -2.28. The van der Waals surface area contributed by atoms with E-state index in [1.165, 1.54) is 5.41 Å². The summed E-state index contributed by atoms with van der Waals surface area (Å²) >= 11 is 6.16. The molecule has 6 heteroatoms.